The lowest BCUT2D eigenvalue weighted by molar-refractivity contribution is 0.102. The van der Waals surface area contributed by atoms with Crippen LogP contribution in [0, 0.1) is 13.8 Å². The Bertz CT molecular complexity index is 993. The normalized spacial score (nSPS) is 10.3. The van der Waals surface area contributed by atoms with Crippen LogP contribution in [0.25, 0.3) is 0 Å². The highest BCUT2D eigenvalue weighted by molar-refractivity contribution is 6.05. The summed E-state index contributed by atoms with van der Waals surface area (Å²) in [7, 11) is 3.19. The van der Waals surface area contributed by atoms with Gasteiger partial charge in [0.05, 0.1) is 14.2 Å². The molecule has 29 heavy (non-hydrogen) atoms. The maximum Gasteiger partial charge on any atom is 0.255 e. The molecule has 1 amide bonds. The van der Waals surface area contributed by atoms with Gasteiger partial charge in [0, 0.05) is 16.8 Å². The number of benzene rings is 3. The Hall–Kier alpha value is -3.47. The van der Waals surface area contributed by atoms with Crippen LogP contribution >= 0.6 is 0 Å². The molecule has 0 aromatic heterocycles. The number of carbonyl (C=O) groups is 1. The molecule has 3 aromatic carbocycles. The monoisotopic (exact) mass is 391 g/mol. The van der Waals surface area contributed by atoms with Gasteiger partial charge in [0.2, 0.25) is 0 Å². The minimum Gasteiger partial charge on any atom is -0.496 e. The molecular weight excluding hydrogens is 366 g/mol. The van der Waals surface area contributed by atoms with Gasteiger partial charge in [-0.2, -0.15) is 0 Å². The molecule has 0 saturated heterocycles. The van der Waals surface area contributed by atoms with E-state index in [9.17, 15) is 4.79 Å². The fourth-order valence-electron chi connectivity index (χ4n) is 3.12. The van der Waals surface area contributed by atoms with E-state index in [-0.39, 0.29) is 12.5 Å². The van der Waals surface area contributed by atoms with Crippen molar-refractivity contribution in [2.24, 2.45) is 0 Å². The average Bonchev–Trinajstić information content (AvgIpc) is 2.74. The van der Waals surface area contributed by atoms with Gasteiger partial charge in [-0.15, -0.1) is 0 Å². The van der Waals surface area contributed by atoms with E-state index in [0.29, 0.717) is 22.8 Å². The second kappa shape index (κ2) is 9.15. The Labute approximate surface area is 171 Å². The molecule has 0 aliphatic carbocycles. The predicted molar refractivity (Wildman–Crippen MR) is 114 cm³/mol. The third-order valence-electron chi connectivity index (χ3n) is 4.71. The molecule has 0 aliphatic rings. The van der Waals surface area contributed by atoms with Crippen LogP contribution in [0.2, 0.25) is 0 Å². The number of ether oxygens (including phenoxy) is 3. The van der Waals surface area contributed by atoms with Crippen molar-refractivity contribution in [2.45, 2.75) is 20.5 Å². The van der Waals surface area contributed by atoms with E-state index < -0.39 is 0 Å². The van der Waals surface area contributed by atoms with Gasteiger partial charge in [-0.1, -0.05) is 30.3 Å². The highest BCUT2D eigenvalue weighted by Crippen LogP contribution is 2.29. The number of hydrogen-bond acceptors (Lipinski definition) is 4. The third-order valence-corrected chi connectivity index (χ3v) is 4.71. The van der Waals surface area contributed by atoms with Crippen molar-refractivity contribution in [3.63, 3.8) is 0 Å². The SMILES string of the molecule is COc1ccc(C(=O)Nc2c(C)cccc2C)cc1COc1ccccc1OC. The van der Waals surface area contributed by atoms with E-state index in [0.717, 1.165) is 22.4 Å². The van der Waals surface area contributed by atoms with E-state index in [2.05, 4.69) is 5.32 Å². The van der Waals surface area contributed by atoms with Crippen LogP contribution in [0.4, 0.5) is 5.69 Å². The van der Waals surface area contributed by atoms with E-state index in [1.807, 2.05) is 56.3 Å². The number of amides is 1. The number of para-hydroxylation sites is 3. The fraction of sp³-hybridized carbons (Fsp3) is 0.208. The number of rotatable bonds is 7. The summed E-state index contributed by atoms with van der Waals surface area (Å²) < 4.78 is 16.7. The van der Waals surface area contributed by atoms with Crippen LogP contribution in [-0.4, -0.2) is 20.1 Å². The zero-order valence-electron chi connectivity index (χ0n) is 17.1. The highest BCUT2D eigenvalue weighted by atomic mass is 16.5. The van der Waals surface area contributed by atoms with Crippen LogP contribution in [0.3, 0.4) is 0 Å². The Kier molecular flexibility index (Phi) is 6.39. The average molecular weight is 391 g/mol. The second-order valence-electron chi connectivity index (χ2n) is 6.69. The van der Waals surface area contributed by atoms with E-state index in [1.165, 1.54) is 0 Å². The zero-order chi connectivity index (χ0) is 20.8. The number of nitrogens with one attached hydrogen (secondary N) is 1. The van der Waals surface area contributed by atoms with Gasteiger partial charge in [-0.05, 0) is 55.3 Å². The van der Waals surface area contributed by atoms with Gasteiger partial charge in [-0.25, -0.2) is 0 Å². The number of hydrogen-bond donors (Lipinski definition) is 1. The van der Waals surface area contributed by atoms with Crippen molar-refractivity contribution in [1.29, 1.82) is 0 Å². The molecule has 3 rings (SSSR count). The first-order valence-corrected chi connectivity index (χ1v) is 9.33. The van der Waals surface area contributed by atoms with Crippen LogP contribution in [0.15, 0.2) is 60.7 Å². The fourth-order valence-corrected chi connectivity index (χ4v) is 3.12. The Morgan fingerprint density at radius 3 is 2.14 bits per heavy atom. The molecule has 1 N–H and O–H groups in total. The maximum absolute atomic E-state index is 12.8. The van der Waals surface area contributed by atoms with Crippen molar-refractivity contribution < 1.29 is 19.0 Å². The largest absolute Gasteiger partial charge is 0.496 e. The van der Waals surface area contributed by atoms with Crippen molar-refractivity contribution in [3.05, 3.63) is 82.9 Å². The Balaban J connectivity index is 1.82. The number of aryl methyl sites for hydroxylation is 2. The molecule has 5 nitrogen and oxygen atoms in total. The molecule has 0 heterocycles. The van der Waals surface area contributed by atoms with Crippen LogP contribution in [0.1, 0.15) is 27.0 Å². The zero-order valence-corrected chi connectivity index (χ0v) is 17.1. The van der Waals surface area contributed by atoms with Gasteiger partial charge in [0.25, 0.3) is 5.91 Å². The summed E-state index contributed by atoms with van der Waals surface area (Å²) >= 11 is 0. The topological polar surface area (TPSA) is 56.8 Å². The standard InChI is InChI=1S/C24H25NO4/c1-16-8-7-9-17(2)23(16)25-24(26)18-12-13-20(27-3)19(14-18)15-29-22-11-6-5-10-21(22)28-4/h5-14H,15H2,1-4H3,(H,25,26). The van der Waals surface area contributed by atoms with E-state index >= 15 is 0 Å². The molecule has 0 radical (unpaired) electrons. The summed E-state index contributed by atoms with van der Waals surface area (Å²) in [5.74, 6) is 1.75. The molecule has 5 heteroatoms. The quantitative estimate of drug-likeness (QED) is 0.605. The van der Waals surface area contributed by atoms with Gasteiger partial charge in [-0.3, -0.25) is 4.79 Å². The van der Waals surface area contributed by atoms with E-state index in [4.69, 9.17) is 14.2 Å². The van der Waals surface area contributed by atoms with Gasteiger partial charge in [0.1, 0.15) is 12.4 Å². The minimum absolute atomic E-state index is 0.177. The Morgan fingerprint density at radius 1 is 0.828 bits per heavy atom. The van der Waals surface area contributed by atoms with Crippen LogP contribution < -0.4 is 19.5 Å². The van der Waals surface area contributed by atoms with E-state index in [1.54, 1.807) is 32.4 Å². The van der Waals surface area contributed by atoms with Crippen molar-refractivity contribution in [3.8, 4) is 17.2 Å². The molecular formula is C24H25NO4. The first kappa shape index (κ1) is 20.3. The first-order chi connectivity index (χ1) is 14.0. The first-order valence-electron chi connectivity index (χ1n) is 9.33. The maximum atomic E-state index is 12.8. The number of methoxy groups -OCH3 is 2. The summed E-state index contributed by atoms with van der Waals surface area (Å²) in [6.07, 6.45) is 0. The number of carbonyl (C=O) groups excluding carboxylic acids is 1. The van der Waals surface area contributed by atoms with Crippen LogP contribution in [0.5, 0.6) is 17.2 Å². The molecule has 150 valence electrons. The van der Waals surface area contributed by atoms with Gasteiger partial charge in [0.15, 0.2) is 11.5 Å². The molecule has 0 bridgehead atoms. The smallest absolute Gasteiger partial charge is 0.255 e. The highest BCUT2D eigenvalue weighted by Gasteiger charge is 2.14. The van der Waals surface area contributed by atoms with Crippen LogP contribution in [-0.2, 0) is 6.61 Å². The molecule has 0 atom stereocenters. The lowest BCUT2D eigenvalue weighted by Crippen LogP contribution is -2.14. The molecule has 0 saturated carbocycles. The van der Waals surface area contributed by atoms with Crippen molar-refractivity contribution in [1.82, 2.24) is 0 Å². The third kappa shape index (κ3) is 4.69. The summed E-state index contributed by atoms with van der Waals surface area (Å²) in [4.78, 5) is 12.8. The molecule has 0 fully saturated rings. The van der Waals surface area contributed by atoms with Crippen molar-refractivity contribution >= 4 is 11.6 Å². The van der Waals surface area contributed by atoms with Gasteiger partial charge >= 0.3 is 0 Å². The molecule has 0 unspecified atom stereocenters. The predicted octanol–water partition coefficient (Wildman–Crippen LogP) is 5.15. The molecule has 3 aromatic rings. The second-order valence-corrected chi connectivity index (χ2v) is 6.69. The summed E-state index contributed by atoms with van der Waals surface area (Å²) in [5, 5.41) is 3.01. The summed E-state index contributed by atoms with van der Waals surface area (Å²) in [6.45, 7) is 4.19. The molecule has 0 aliphatic heterocycles. The lowest BCUT2D eigenvalue weighted by atomic mass is 10.1. The summed E-state index contributed by atoms with van der Waals surface area (Å²) in [6, 6.07) is 18.7. The Morgan fingerprint density at radius 2 is 1.48 bits per heavy atom. The van der Waals surface area contributed by atoms with Gasteiger partial charge < -0.3 is 19.5 Å². The minimum atomic E-state index is -0.177. The lowest BCUT2D eigenvalue weighted by Gasteiger charge is -2.15. The molecule has 0 spiro atoms. The van der Waals surface area contributed by atoms with Crippen molar-refractivity contribution in [2.75, 3.05) is 19.5 Å². The summed E-state index contributed by atoms with van der Waals surface area (Å²) in [5.41, 5.74) is 4.18. The number of anilines is 1.